The van der Waals surface area contributed by atoms with Gasteiger partial charge in [0.15, 0.2) is 5.76 Å². The van der Waals surface area contributed by atoms with Crippen LogP contribution in [-0.2, 0) is 24.8 Å². The molecule has 0 unspecified atom stereocenters. The van der Waals surface area contributed by atoms with E-state index >= 15 is 0 Å². The molecule has 0 radical (unpaired) electrons. The SMILES string of the molecule is CCOP(=O)(OCC)c1ccc(NC(=O)CCc2cnoc2-c2ccc(Cl)cc2)cc1. The number of benzene rings is 2. The second-order valence-corrected chi connectivity index (χ2v) is 9.08. The van der Waals surface area contributed by atoms with Gasteiger partial charge in [-0.2, -0.15) is 0 Å². The molecule has 0 spiro atoms. The number of hydrogen-bond donors (Lipinski definition) is 1. The Balaban J connectivity index is 1.60. The molecule has 1 aromatic heterocycles. The quantitative estimate of drug-likeness (QED) is 0.402. The van der Waals surface area contributed by atoms with E-state index in [0.29, 0.717) is 28.2 Å². The molecule has 1 amide bonds. The van der Waals surface area contributed by atoms with Crippen LogP contribution in [0.4, 0.5) is 5.69 Å². The molecule has 0 aliphatic heterocycles. The van der Waals surface area contributed by atoms with Crippen molar-refractivity contribution in [2.24, 2.45) is 0 Å². The molecule has 0 aliphatic carbocycles. The van der Waals surface area contributed by atoms with Gasteiger partial charge in [-0.1, -0.05) is 16.8 Å². The molecule has 164 valence electrons. The smallest absolute Gasteiger partial charge is 0.356 e. The lowest BCUT2D eigenvalue weighted by Crippen LogP contribution is -2.14. The summed E-state index contributed by atoms with van der Waals surface area (Å²) in [6, 6.07) is 13.9. The first kappa shape index (κ1) is 23.2. The van der Waals surface area contributed by atoms with Crippen molar-refractivity contribution >= 4 is 36.1 Å². The zero-order valence-corrected chi connectivity index (χ0v) is 19.0. The number of anilines is 1. The molecule has 3 rings (SSSR count). The minimum Gasteiger partial charge on any atom is -0.356 e. The molecule has 2 aromatic carbocycles. The molecule has 31 heavy (non-hydrogen) atoms. The fourth-order valence-electron chi connectivity index (χ4n) is 3.00. The lowest BCUT2D eigenvalue weighted by Gasteiger charge is -2.17. The first-order valence-corrected chi connectivity index (χ1v) is 11.9. The second-order valence-electron chi connectivity index (χ2n) is 6.62. The summed E-state index contributed by atoms with van der Waals surface area (Å²) in [6.45, 7) is 4.07. The van der Waals surface area contributed by atoms with Crippen LogP contribution < -0.4 is 10.6 Å². The standard InChI is InChI=1S/C22H24ClN2O5P/c1-3-28-31(27,29-4-2)20-12-10-19(11-13-20)25-21(26)14-7-17-15-24-30-22(17)16-5-8-18(23)9-6-16/h5-6,8-13,15H,3-4,7,14H2,1-2H3,(H,25,26). The lowest BCUT2D eigenvalue weighted by molar-refractivity contribution is -0.116. The van der Waals surface area contributed by atoms with Gasteiger partial charge in [0.05, 0.1) is 24.7 Å². The van der Waals surface area contributed by atoms with Gasteiger partial charge in [0.25, 0.3) is 0 Å². The molecule has 0 bridgehead atoms. The Bertz CT molecular complexity index is 1040. The Morgan fingerprint density at radius 2 is 1.71 bits per heavy atom. The van der Waals surface area contributed by atoms with Crippen molar-refractivity contribution in [3.05, 3.63) is 65.3 Å². The Morgan fingerprint density at radius 1 is 1.06 bits per heavy atom. The number of carbonyl (C=O) groups is 1. The van der Waals surface area contributed by atoms with Crippen LogP contribution in [0.25, 0.3) is 11.3 Å². The monoisotopic (exact) mass is 462 g/mol. The van der Waals surface area contributed by atoms with Gasteiger partial charge < -0.3 is 18.9 Å². The van der Waals surface area contributed by atoms with Gasteiger partial charge in [-0.25, -0.2) is 0 Å². The van der Waals surface area contributed by atoms with E-state index in [4.69, 9.17) is 25.2 Å². The molecule has 9 heteroatoms. The van der Waals surface area contributed by atoms with Crippen molar-refractivity contribution < 1.29 is 22.9 Å². The zero-order valence-electron chi connectivity index (χ0n) is 17.3. The van der Waals surface area contributed by atoms with Gasteiger partial charge in [-0.15, -0.1) is 0 Å². The Labute approximate surface area is 186 Å². The van der Waals surface area contributed by atoms with Crippen LogP contribution in [0.5, 0.6) is 0 Å². The topological polar surface area (TPSA) is 90.7 Å². The van der Waals surface area contributed by atoms with E-state index in [0.717, 1.165) is 11.1 Å². The van der Waals surface area contributed by atoms with E-state index < -0.39 is 7.60 Å². The van der Waals surface area contributed by atoms with Gasteiger partial charge in [0.2, 0.25) is 5.91 Å². The van der Waals surface area contributed by atoms with E-state index in [-0.39, 0.29) is 25.5 Å². The van der Waals surface area contributed by atoms with Crippen LogP contribution >= 0.6 is 19.2 Å². The third kappa shape index (κ3) is 6.05. The molecule has 1 N–H and O–H groups in total. The number of nitrogens with one attached hydrogen (secondary N) is 1. The third-order valence-corrected chi connectivity index (χ3v) is 6.82. The number of aromatic nitrogens is 1. The van der Waals surface area contributed by atoms with Crippen LogP contribution in [0.1, 0.15) is 25.8 Å². The first-order chi connectivity index (χ1) is 14.9. The van der Waals surface area contributed by atoms with Crippen molar-refractivity contribution in [3.63, 3.8) is 0 Å². The summed E-state index contributed by atoms with van der Waals surface area (Å²) in [4.78, 5) is 12.4. The van der Waals surface area contributed by atoms with Gasteiger partial charge in [-0.05, 0) is 68.8 Å². The van der Waals surface area contributed by atoms with Crippen LogP contribution in [0, 0.1) is 0 Å². The van der Waals surface area contributed by atoms with Gasteiger partial charge >= 0.3 is 7.60 Å². The number of rotatable bonds is 10. The van der Waals surface area contributed by atoms with Crippen molar-refractivity contribution in [2.45, 2.75) is 26.7 Å². The molecule has 0 fully saturated rings. The van der Waals surface area contributed by atoms with Gasteiger partial charge in [0, 0.05) is 28.3 Å². The zero-order chi connectivity index (χ0) is 22.3. The van der Waals surface area contributed by atoms with Crippen LogP contribution in [0.2, 0.25) is 5.02 Å². The first-order valence-electron chi connectivity index (χ1n) is 9.94. The van der Waals surface area contributed by atoms with Crippen molar-refractivity contribution in [1.29, 1.82) is 0 Å². The normalized spacial score (nSPS) is 11.5. The maximum Gasteiger partial charge on any atom is 0.361 e. The number of halogens is 1. The molecular weight excluding hydrogens is 439 g/mol. The lowest BCUT2D eigenvalue weighted by atomic mass is 10.1. The highest BCUT2D eigenvalue weighted by atomic mass is 35.5. The molecule has 7 nitrogen and oxygen atoms in total. The number of hydrogen-bond acceptors (Lipinski definition) is 6. The molecular formula is C22H24ClN2O5P. The highest BCUT2D eigenvalue weighted by molar-refractivity contribution is 7.62. The highest BCUT2D eigenvalue weighted by Gasteiger charge is 2.26. The number of amides is 1. The summed E-state index contributed by atoms with van der Waals surface area (Å²) in [6.07, 6.45) is 2.33. The summed E-state index contributed by atoms with van der Waals surface area (Å²) >= 11 is 5.93. The summed E-state index contributed by atoms with van der Waals surface area (Å²) in [5, 5.41) is 7.77. The Kier molecular flexibility index (Phi) is 8.04. The average Bonchev–Trinajstić information content (AvgIpc) is 3.22. The highest BCUT2D eigenvalue weighted by Crippen LogP contribution is 2.46. The fraction of sp³-hybridized carbons (Fsp3) is 0.273. The van der Waals surface area contributed by atoms with Crippen molar-refractivity contribution in [2.75, 3.05) is 18.5 Å². The Morgan fingerprint density at radius 3 is 2.32 bits per heavy atom. The van der Waals surface area contributed by atoms with Gasteiger partial charge in [-0.3, -0.25) is 9.36 Å². The van der Waals surface area contributed by atoms with E-state index in [1.54, 1.807) is 56.4 Å². The van der Waals surface area contributed by atoms with Crippen LogP contribution in [-0.4, -0.2) is 24.3 Å². The second kappa shape index (κ2) is 10.7. The predicted molar refractivity (Wildman–Crippen MR) is 121 cm³/mol. The fourth-order valence-corrected chi connectivity index (χ4v) is 4.70. The molecule has 0 saturated carbocycles. The van der Waals surface area contributed by atoms with Crippen LogP contribution in [0.3, 0.4) is 0 Å². The molecule has 3 aromatic rings. The average molecular weight is 463 g/mol. The maximum absolute atomic E-state index is 12.8. The molecule has 0 aliphatic rings. The predicted octanol–water partition coefficient (Wildman–Crippen LogP) is 5.46. The van der Waals surface area contributed by atoms with Crippen LogP contribution in [0.15, 0.2) is 59.3 Å². The summed E-state index contributed by atoms with van der Waals surface area (Å²) in [7, 11) is -3.35. The third-order valence-electron chi connectivity index (χ3n) is 4.44. The maximum atomic E-state index is 12.8. The van der Waals surface area contributed by atoms with E-state index in [1.807, 2.05) is 12.1 Å². The molecule has 1 heterocycles. The van der Waals surface area contributed by atoms with Crippen molar-refractivity contribution in [1.82, 2.24) is 5.16 Å². The van der Waals surface area contributed by atoms with E-state index in [9.17, 15) is 9.36 Å². The number of carbonyl (C=O) groups excluding carboxylic acids is 1. The summed E-state index contributed by atoms with van der Waals surface area (Å²) < 4.78 is 28.8. The van der Waals surface area contributed by atoms with E-state index in [1.165, 1.54) is 0 Å². The largest absolute Gasteiger partial charge is 0.361 e. The minimum atomic E-state index is -3.35. The summed E-state index contributed by atoms with van der Waals surface area (Å²) in [5.41, 5.74) is 2.28. The molecule has 0 saturated heterocycles. The Hall–Kier alpha value is -2.44. The minimum absolute atomic E-state index is 0.159. The summed E-state index contributed by atoms with van der Waals surface area (Å²) in [5.74, 6) is 0.463. The molecule has 0 atom stereocenters. The van der Waals surface area contributed by atoms with Gasteiger partial charge in [0.1, 0.15) is 0 Å². The number of nitrogens with zero attached hydrogens (tertiary/aromatic N) is 1. The number of aryl methyl sites for hydroxylation is 1. The van der Waals surface area contributed by atoms with E-state index in [2.05, 4.69) is 10.5 Å². The van der Waals surface area contributed by atoms with Crippen molar-refractivity contribution in [3.8, 4) is 11.3 Å².